The number of carbonyl (C=O) groups excluding carboxylic acids is 1. The molecule has 2 fully saturated rings. The fraction of sp³-hybridized carbons (Fsp3) is 0.650. The molecule has 1 aromatic carbocycles. The first-order chi connectivity index (χ1) is 12.8. The van der Waals surface area contributed by atoms with E-state index in [4.69, 9.17) is 0 Å². The summed E-state index contributed by atoms with van der Waals surface area (Å²) in [4.78, 5) is 16.5. The molecular weight excluding hydrogens is 357 g/mol. The van der Waals surface area contributed by atoms with Crippen LogP contribution in [0, 0.1) is 17.7 Å². The summed E-state index contributed by atoms with van der Waals surface area (Å²) in [5.41, 5.74) is 0.265. The Kier molecular flexibility index (Phi) is 6.11. The summed E-state index contributed by atoms with van der Waals surface area (Å²) in [5, 5.41) is 9.98. The van der Waals surface area contributed by atoms with Crippen LogP contribution in [-0.4, -0.2) is 65.6 Å². The number of rotatable bonds is 5. The van der Waals surface area contributed by atoms with Gasteiger partial charge in [0.25, 0.3) is 11.8 Å². The molecule has 1 aromatic rings. The van der Waals surface area contributed by atoms with E-state index in [1.54, 1.807) is 11.0 Å². The maximum atomic E-state index is 13.5. The molecule has 2 aliphatic heterocycles. The van der Waals surface area contributed by atoms with Gasteiger partial charge in [-0.1, -0.05) is 19.4 Å². The predicted molar refractivity (Wildman–Crippen MR) is 96.2 cm³/mol. The number of carbonyl (C=O) groups is 1. The molecule has 2 heterocycles. The largest absolute Gasteiger partial charge is 0.394 e. The van der Waals surface area contributed by atoms with Gasteiger partial charge in [0, 0.05) is 44.6 Å². The second-order valence-corrected chi connectivity index (χ2v) is 7.71. The molecule has 0 saturated carbocycles. The van der Waals surface area contributed by atoms with Crippen molar-refractivity contribution in [3.63, 3.8) is 0 Å². The molecule has 0 unspecified atom stereocenters. The summed E-state index contributed by atoms with van der Waals surface area (Å²) in [6.07, 6.45) is 0.538. The van der Waals surface area contributed by atoms with E-state index < -0.39 is 11.7 Å². The molecule has 0 aromatic heterocycles. The number of nitrogens with zero attached hydrogens (tertiary/aromatic N) is 2. The van der Waals surface area contributed by atoms with Crippen LogP contribution in [0.25, 0.3) is 0 Å². The number of alkyl halides is 2. The van der Waals surface area contributed by atoms with E-state index in [2.05, 4.69) is 0 Å². The lowest BCUT2D eigenvalue weighted by molar-refractivity contribution is -0.0591. The van der Waals surface area contributed by atoms with Crippen molar-refractivity contribution in [2.24, 2.45) is 11.8 Å². The highest BCUT2D eigenvalue weighted by molar-refractivity contribution is 5.94. The van der Waals surface area contributed by atoms with Crippen molar-refractivity contribution in [1.82, 2.24) is 9.80 Å². The number of piperidine rings is 1. The van der Waals surface area contributed by atoms with E-state index in [9.17, 15) is 23.1 Å². The summed E-state index contributed by atoms with van der Waals surface area (Å²) >= 11 is 0. The van der Waals surface area contributed by atoms with Crippen molar-refractivity contribution in [1.29, 1.82) is 0 Å². The van der Waals surface area contributed by atoms with Gasteiger partial charge in [0.05, 0.1) is 12.6 Å². The molecule has 150 valence electrons. The van der Waals surface area contributed by atoms with Gasteiger partial charge < -0.3 is 14.9 Å². The molecule has 2 saturated heterocycles. The summed E-state index contributed by atoms with van der Waals surface area (Å²) in [7, 11) is 0. The van der Waals surface area contributed by atoms with Crippen LogP contribution < -0.4 is 0 Å². The van der Waals surface area contributed by atoms with Gasteiger partial charge in [-0.2, -0.15) is 0 Å². The zero-order valence-corrected chi connectivity index (χ0v) is 15.6. The minimum Gasteiger partial charge on any atom is -0.394 e. The molecule has 27 heavy (non-hydrogen) atoms. The van der Waals surface area contributed by atoms with Gasteiger partial charge in [0.15, 0.2) is 0 Å². The Morgan fingerprint density at radius 2 is 2.00 bits per heavy atom. The van der Waals surface area contributed by atoms with E-state index in [0.29, 0.717) is 26.2 Å². The van der Waals surface area contributed by atoms with Crippen molar-refractivity contribution >= 4 is 5.91 Å². The zero-order chi connectivity index (χ0) is 19.6. The Bertz CT molecular complexity index is 660. The summed E-state index contributed by atoms with van der Waals surface area (Å²) in [5.74, 6) is -3.16. The Morgan fingerprint density at radius 1 is 1.30 bits per heavy atom. The smallest absolute Gasteiger partial charge is 0.254 e. The number of amides is 1. The lowest BCUT2D eigenvalue weighted by Gasteiger charge is -2.36. The Hall–Kier alpha value is -1.60. The standard InChI is InChI=1S/C20H27F3N2O2/c1-2-14-11-25(19(27)15-4-3-5-16(21)10-15)18(13-26)17(14)12-24-8-6-20(22,23)7-9-24/h3-5,10,14,17-18,26H,2,6-9,11-13H2,1H3/t14-,17-,18-/m1/s1. The second kappa shape index (κ2) is 8.19. The SMILES string of the molecule is CC[C@@H]1CN(C(=O)c2cccc(F)c2)[C@H](CO)[C@@H]1CN1CCC(F)(F)CC1. The van der Waals surface area contributed by atoms with Gasteiger partial charge in [-0.25, -0.2) is 13.2 Å². The number of likely N-dealkylation sites (tertiary alicyclic amines) is 2. The van der Waals surface area contributed by atoms with Crippen LogP contribution in [0.1, 0.15) is 36.5 Å². The third kappa shape index (κ3) is 4.46. The first-order valence-corrected chi connectivity index (χ1v) is 9.62. The monoisotopic (exact) mass is 384 g/mol. The lowest BCUT2D eigenvalue weighted by Crippen LogP contribution is -2.46. The van der Waals surface area contributed by atoms with Gasteiger partial charge in [0.1, 0.15) is 5.82 Å². The number of aliphatic hydroxyl groups excluding tert-OH is 1. The molecule has 4 nitrogen and oxygen atoms in total. The van der Waals surface area contributed by atoms with Crippen molar-refractivity contribution in [3.05, 3.63) is 35.6 Å². The van der Waals surface area contributed by atoms with Crippen molar-refractivity contribution in [2.45, 2.75) is 38.2 Å². The molecule has 7 heteroatoms. The van der Waals surface area contributed by atoms with E-state index in [-0.39, 0.29) is 48.8 Å². The third-order valence-corrected chi connectivity index (χ3v) is 6.03. The number of aliphatic hydroxyl groups is 1. The average Bonchev–Trinajstić information content (AvgIpc) is 3.00. The fourth-order valence-corrected chi connectivity index (χ4v) is 4.39. The second-order valence-electron chi connectivity index (χ2n) is 7.71. The van der Waals surface area contributed by atoms with Crippen molar-refractivity contribution < 1.29 is 23.1 Å². The van der Waals surface area contributed by atoms with Gasteiger partial charge in [-0.15, -0.1) is 0 Å². The van der Waals surface area contributed by atoms with Crippen LogP contribution in [-0.2, 0) is 0 Å². The van der Waals surface area contributed by atoms with Crippen LogP contribution in [0.4, 0.5) is 13.2 Å². The summed E-state index contributed by atoms with van der Waals surface area (Å²) in [6.45, 7) is 3.59. The van der Waals surface area contributed by atoms with Gasteiger partial charge in [-0.3, -0.25) is 4.79 Å². The van der Waals surface area contributed by atoms with Crippen LogP contribution >= 0.6 is 0 Å². The predicted octanol–water partition coefficient (Wildman–Crippen LogP) is 3.02. The molecule has 0 radical (unpaired) electrons. The van der Waals surface area contributed by atoms with E-state index in [0.717, 1.165) is 6.42 Å². The Balaban J connectivity index is 1.73. The van der Waals surface area contributed by atoms with E-state index >= 15 is 0 Å². The molecule has 3 atom stereocenters. The van der Waals surface area contributed by atoms with Crippen LogP contribution in [0.15, 0.2) is 24.3 Å². The number of hydrogen-bond acceptors (Lipinski definition) is 3. The Morgan fingerprint density at radius 3 is 2.59 bits per heavy atom. The first kappa shape index (κ1) is 20.1. The summed E-state index contributed by atoms with van der Waals surface area (Å²) < 4.78 is 40.3. The number of hydrogen-bond donors (Lipinski definition) is 1. The quantitative estimate of drug-likeness (QED) is 0.849. The van der Waals surface area contributed by atoms with Crippen LogP contribution in [0.3, 0.4) is 0 Å². The average molecular weight is 384 g/mol. The highest BCUT2D eigenvalue weighted by atomic mass is 19.3. The topological polar surface area (TPSA) is 43.8 Å². The normalized spacial score (nSPS) is 28.5. The van der Waals surface area contributed by atoms with Crippen molar-refractivity contribution in [2.75, 3.05) is 32.8 Å². The number of halogens is 3. The number of benzene rings is 1. The Labute approximate surface area is 158 Å². The van der Waals surface area contributed by atoms with E-state index in [1.807, 2.05) is 11.8 Å². The molecule has 0 aliphatic carbocycles. The zero-order valence-electron chi connectivity index (χ0n) is 15.6. The van der Waals surface area contributed by atoms with E-state index in [1.165, 1.54) is 18.2 Å². The third-order valence-electron chi connectivity index (χ3n) is 6.03. The fourth-order valence-electron chi connectivity index (χ4n) is 4.39. The lowest BCUT2D eigenvalue weighted by atomic mass is 9.87. The van der Waals surface area contributed by atoms with Crippen molar-refractivity contribution in [3.8, 4) is 0 Å². The minimum absolute atomic E-state index is 0.0178. The van der Waals surface area contributed by atoms with Gasteiger partial charge in [-0.05, 0) is 30.0 Å². The highest BCUT2D eigenvalue weighted by Crippen LogP contribution is 2.35. The van der Waals surface area contributed by atoms with Gasteiger partial charge in [0.2, 0.25) is 0 Å². The van der Waals surface area contributed by atoms with Gasteiger partial charge >= 0.3 is 0 Å². The molecule has 1 amide bonds. The van der Waals surface area contributed by atoms with Crippen LogP contribution in [0.5, 0.6) is 0 Å². The minimum atomic E-state index is -2.59. The maximum Gasteiger partial charge on any atom is 0.254 e. The highest BCUT2D eigenvalue weighted by Gasteiger charge is 2.44. The molecule has 0 spiro atoms. The molecular formula is C20H27F3N2O2. The summed E-state index contributed by atoms with van der Waals surface area (Å²) in [6, 6.07) is 5.18. The first-order valence-electron chi connectivity index (χ1n) is 9.62. The molecule has 3 rings (SSSR count). The van der Waals surface area contributed by atoms with Crippen LogP contribution in [0.2, 0.25) is 0 Å². The maximum absolute atomic E-state index is 13.5. The molecule has 0 bridgehead atoms. The molecule has 2 aliphatic rings. The molecule has 1 N–H and O–H groups in total.